The number of hydrogen-bond donors (Lipinski definition) is 1. The molecule has 0 fully saturated rings. The minimum atomic E-state index is 0.185. The third-order valence-electron chi connectivity index (χ3n) is 0.662. The summed E-state index contributed by atoms with van der Waals surface area (Å²) in [4.78, 5) is 3.20. The van der Waals surface area contributed by atoms with E-state index < -0.39 is 0 Å². The van der Waals surface area contributed by atoms with E-state index in [4.69, 9.17) is 12.4 Å². The molecule has 0 aromatic carbocycles. The van der Waals surface area contributed by atoms with Gasteiger partial charge < -0.3 is 0 Å². The van der Waals surface area contributed by atoms with Gasteiger partial charge in [0.1, 0.15) is 6.04 Å². The molecule has 3 heteroatoms. The molecule has 0 aliphatic carbocycles. The lowest BCUT2D eigenvalue weighted by Crippen LogP contribution is -2.30. The van der Waals surface area contributed by atoms with Crippen molar-refractivity contribution in [2.75, 3.05) is 0 Å². The molecule has 7 heavy (non-hydrogen) atoms. The van der Waals surface area contributed by atoms with Crippen molar-refractivity contribution < 1.29 is 0 Å². The fourth-order valence-corrected chi connectivity index (χ4v) is 0.133. The number of rotatable bonds is 1. The summed E-state index contributed by atoms with van der Waals surface area (Å²) < 4.78 is 0. The first-order valence-electron chi connectivity index (χ1n) is 2.13. The van der Waals surface area contributed by atoms with Crippen LogP contribution < -0.4 is 5.84 Å². The van der Waals surface area contributed by atoms with E-state index in [-0.39, 0.29) is 6.04 Å². The molecule has 0 unspecified atom stereocenters. The first-order chi connectivity index (χ1) is 3.18. The fourth-order valence-electron chi connectivity index (χ4n) is 0.133. The van der Waals surface area contributed by atoms with Crippen molar-refractivity contribution in [1.29, 1.82) is 0 Å². The maximum atomic E-state index is 5.16. The van der Waals surface area contributed by atoms with Crippen LogP contribution in [-0.4, -0.2) is 11.2 Å². The monoisotopic (exact) mass is 100 g/mol. The van der Waals surface area contributed by atoms with Gasteiger partial charge in [-0.25, -0.2) is 0 Å². The average Bonchev–Trinajstić information content (AvgIpc) is 1.65. The Hall–Kier alpha value is -0.750. The molecule has 0 aromatic heterocycles. The maximum Gasteiger partial charge on any atom is 0.306 e. The lowest BCUT2D eigenvalue weighted by atomic mass is 10.4. The molecule has 0 spiro atoms. The molecular formula is C4H10N3+. The van der Waals surface area contributed by atoms with Gasteiger partial charge in [-0.05, 0) is 13.8 Å². The van der Waals surface area contributed by atoms with Crippen LogP contribution in [0.25, 0.3) is 4.95 Å². The molecule has 0 rings (SSSR count). The Balaban J connectivity index is 3.40. The highest BCUT2D eigenvalue weighted by Crippen LogP contribution is 1.86. The second-order valence-electron chi connectivity index (χ2n) is 1.59. The summed E-state index contributed by atoms with van der Waals surface area (Å²) >= 11 is 0. The van der Waals surface area contributed by atoms with Crippen molar-refractivity contribution in [3.05, 3.63) is 4.95 Å². The normalized spacial score (nSPS) is 8.43. The zero-order valence-corrected chi connectivity index (χ0v) is 4.63. The fraction of sp³-hybridized carbons (Fsp3) is 0.750. The van der Waals surface area contributed by atoms with Gasteiger partial charge in [0.2, 0.25) is 0 Å². The highest BCUT2D eigenvalue weighted by atomic mass is 15.6. The molecule has 3 nitrogen and oxygen atoms in total. The first-order valence-corrected chi connectivity index (χ1v) is 2.13. The van der Waals surface area contributed by atoms with Gasteiger partial charge in [-0.3, -0.25) is 0 Å². The van der Waals surface area contributed by atoms with Crippen LogP contribution in [0.5, 0.6) is 0 Å². The van der Waals surface area contributed by atoms with Gasteiger partial charge in [0, 0.05) is 5.12 Å². The van der Waals surface area contributed by atoms with E-state index in [0.29, 0.717) is 0 Å². The minimum absolute atomic E-state index is 0.185. The summed E-state index contributed by atoms with van der Waals surface area (Å²) in [5, 5.41) is 1.19. The Labute approximate surface area is 43.5 Å². The lowest BCUT2D eigenvalue weighted by Gasteiger charge is -1.99. The highest BCUT2D eigenvalue weighted by Gasteiger charge is 2.05. The third kappa shape index (κ3) is 2.01. The first kappa shape index (κ1) is 6.25. The summed E-state index contributed by atoms with van der Waals surface area (Å²) in [6, 6.07) is 0.185. The van der Waals surface area contributed by atoms with Gasteiger partial charge in [0.15, 0.2) is 0 Å². The molecular weight excluding hydrogens is 90.1 g/mol. The van der Waals surface area contributed by atoms with Crippen molar-refractivity contribution >= 4 is 0 Å². The second kappa shape index (κ2) is 2.43. The smallest absolute Gasteiger partial charge is 0.183 e. The van der Waals surface area contributed by atoms with Crippen LogP contribution in [0.3, 0.4) is 0 Å². The van der Waals surface area contributed by atoms with E-state index in [2.05, 4.69) is 4.95 Å². The zero-order valence-electron chi connectivity index (χ0n) is 4.63. The van der Waals surface area contributed by atoms with Gasteiger partial charge in [-0.2, -0.15) is 5.84 Å². The predicted octanol–water partition coefficient (Wildman–Crippen LogP) is 0.448. The predicted molar refractivity (Wildman–Crippen MR) is 29.5 cm³/mol. The van der Waals surface area contributed by atoms with Crippen molar-refractivity contribution in [3.8, 4) is 6.57 Å². The number of nitrogens with two attached hydrogens (primary N) is 1. The molecule has 0 radical (unpaired) electrons. The summed E-state index contributed by atoms with van der Waals surface area (Å²) in [5.41, 5.74) is 0. The molecule has 0 heterocycles. The van der Waals surface area contributed by atoms with Gasteiger partial charge in [-0.15, -0.1) is 0 Å². The average molecular weight is 100 g/mol. The summed E-state index contributed by atoms with van der Waals surface area (Å²) in [7, 11) is 0. The van der Waals surface area contributed by atoms with Crippen molar-refractivity contribution in [2.45, 2.75) is 19.9 Å². The number of hydrazine groups is 1. The molecule has 0 saturated heterocycles. The molecule has 0 aliphatic rings. The van der Waals surface area contributed by atoms with Gasteiger partial charge in [-0.1, -0.05) is 0 Å². The number of hydrogen-bond acceptors (Lipinski definition) is 2. The van der Waals surface area contributed by atoms with E-state index in [1.807, 2.05) is 13.8 Å². The Morgan fingerprint density at radius 1 is 1.71 bits per heavy atom. The Morgan fingerprint density at radius 2 is 2.14 bits per heavy atom. The maximum absolute atomic E-state index is 5.16. The zero-order chi connectivity index (χ0) is 5.86. The topological polar surface area (TPSA) is 33.6 Å². The van der Waals surface area contributed by atoms with Crippen LogP contribution in [0, 0.1) is 6.57 Å². The lowest BCUT2D eigenvalue weighted by molar-refractivity contribution is 0.319. The molecule has 0 atom stereocenters. The summed E-state index contributed by atoms with van der Waals surface area (Å²) in [6.45, 7) is 8.60. The van der Waals surface area contributed by atoms with E-state index in [9.17, 15) is 0 Å². The van der Waals surface area contributed by atoms with Crippen LogP contribution in [0.15, 0.2) is 0 Å². The molecule has 0 saturated carbocycles. The van der Waals surface area contributed by atoms with Crippen LogP contribution in [-0.2, 0) is 0 Å². The van der Waals surface area contributed by atoms with Crippen LogP contribution in [0.2, 0.25) is 0 Å². The SMILES string of the molecule is C#[N+]N(N)C(C)C. The molecule has 40 valence electrons. The van der Waals surface area contributed by atoms with E-state index in [1.165, 1.54) is 5.12 Å². The second-order valence-corrected chi connectivity index (χ2v) is 1.59. The van der Waals surface area contributed by atoms with Gasteiger partial charge >= 0.3 is 6.57 Å². The largest absolute Gasteiger partial charge is 0.306 e. The molecule has 0 aromatic rings. The Kier molecular flexibility index (Phi) is 2.17. The van der Waals surface area contributed by atoms with Gasteiger partial charge in [0.05, 0.1) is 4.95 Å². The van der Waals surface area contributed by atoms with Crippen molar-refractivity contribution in [1.82, 2.24) is 5.12 Å². The standard InChI is InChI=1S/C4H10N3/c1-4(2)7(5)6-3/h3-4H,5H2,1-2H3/q+1. The Morgan fingerprint density at radius 3 is 2.14 bits per heavy atom. The molecule has 0 bridgehead atoms. The molecule has 0 amide bonds. The van der Waals surface area contributed by atoms with Crippen molar-refractivity contribution in [2.24, 2.45) is 5.84 Å². The van der Waals surface area contributed by atoms with E-state index in [1.54, 1.807) is 0 Å². The molecule has 0 aliphatic heterocycles. The molecule has 2 N–H and O–H groups in total. The van der Waals surface area contributed by atoms with E-state index in [0.717, 1.165) is 0 Å². The third-order valence-corrected chi connectivity index (χ3v) is 0.662. The highest BCUT2D eigenvalue weighted by molar-refractivity contribution is 4.61. The van der Waals surface area contributed by atoms with Crippen LogP contribution >= 0.6 is 0 Å². The summed E-state index contributed by atoms with van der Waals surface area (Å²) in [6.07, 6.45) is 0. The summed E-state index contributed by atoms with van der Waals surface area (Å²) in [5.74, 6) is 5.16. The quantitative estimate of drug-likeness (QED) is 0.383. The minimum Gasteiger partial charge on any atom is -0.183 e. The van der Waals surface area contributed by atoms with E-state index >= 15 is 0 Å². The Bertz CT molecular complexity index is 81.4. The van der Waals surface area contributed by atoms with Gasteiger partial charge in [0.25, 0.3) is 0 Å². The van der Waals surface area contributed by atoms with Crippen LogP contribution in [0.4, 0.5) is 0 Å². The number of nitrogens with zero attached hydrogens (tertiary/aromatic N) is 2. The van der Waals surface area contributed by atoms with Crippen molar-refractivity contribution in [3.63, 3.8) is 0 Å². The van der Waals surface area contributed by atoms with Crippen LogP contribution in [0.1, 0.15) is 13.8 Å².